The molecule has 0 bridgehead atoms. The lowest BCUT2D eigenvalue weighted by Gasteiger charge is -2.23. The molecular weight excluding hydrogens is 335 g/mol. The van der Waals surface area contributed by atoms with Gasteiger partial charge in [-0.25, -0.2) is 4.79 Å². The van der Waals surface area contributed by atoms with Crippen LogP contribution in [0, 0.1) is 3.57 Å². The molecule has 0 fully saturated rings. The van der Waals surface area contributed by atoms with Gasteiger partial charge in [0, 0.05) is 15.6 Å². The Bertz CT molecular complexity index is 496. The molecule has 1 atom stereocenters. The Kier molecular flexibility index (Phi) is 3.37. The third-order valence-corrected chi connectivity index (χ3v) is 3.57. The highest BCUT2D eigenvalue weighted by molar-refractivity contribution is 14.1. The first-order valence-electron chi connectivity index (χ1n) is 5.13. The minimum Gasteiger partial charge on any atom is -0.483 e. The zero-order valence-corrected chi connectivity index (χ0v) is 11.6. The van der Waals surface area contributed by atoms with E-state index in [4.69, 9.17) is 4.74 Å². The van der Waals surface area contributed by atoms with Gasteiger partial charge >= 0.3 is 5.97 Å². The monoisotopic (exact) mass is 346 g/mol. The predicted molar refractivity (Wildman–Crippen MR) is 69.3 cm³/mol. The Labute approximate surface area is 112 Å². The molecule has 1 heterocycles. The molecule has 0 radical (unpaired) electrons. The maximum absolute atomic E-state index is 11.5. The summed E-state index contributed by atoms with van der Waals surface area (Å²) in [6, 6.07) is 3.44. The molecule has 1 aromatic rings. The third-order valence-electron chi connectivity index (χ3n) is 2.68. The largest absolute Gasteiger partial charge is 0.483 e. The normalized spacial score (nSPS) is 18.3. The van der Waals surface area contributed by atoms with Crippen LogP contribution in [0.4, 0.5) is 0 Å². The lowest BCUT2D eigenvalue weighted by Crippen LogP contribution is -2.30. The van der Waals surface area contributed by atoms with Crippen LogP contribution < -0.4 is 4.74 Å². The molecular formula is C12H11IO4. The summed E-state index contributed by atoms with van der Waals surface area (Å²) >= 11 is 2.05. The van der Waals surface area contributed by atoms with E-state index in [1.165, 1.54) is 7.11 Å². The first-order valence-corrected chi connectivity index (χ1v) is 6.21. The Hall–Kier alpha value is -1.11. The van der Waals surface area contributed by atoms with E-state index in [-0.39, 0.29) is 5.78 Å². The second kappa shape index (κ2) is 4.64. The molecule has 1 aliphatic rings. The number of carbonyl (C=O) groups excluding carboxylic acids is 2. The van der Waals surface area contributed by atoms with Crippen molar-refractivity contribution in [2.75, 3.05) is 7.11 Å². The zero-order chi connectivity index (χ0) is 12.6. The van der Waals surface area contributed by atoms with E-state index in [2.05, 4.69) is 27.3 Å². The second-order valence-electron chi connectivity index (χ2n) is 3.83. The fourth-order valence-corrected chi connectivity index (χ4v) is 2.36. The molecule has 0 unspecified atom stereocenters. The summed E-state index contributed by atoms with van der Waals surface area (Å²) in [5.74, 6) is 0.298. The summed E-state index contributed by atoms with van der Waals surface area (Å²) in [7, 11) is 1.33. The van der Waals surface area contributed by atoms with E-state index in [0.29, 0.717) is 17.7 Å². The molecule has 0 amide bonds. The number of carbonyl (C=O) groups is 2. The van der Waals surface area contributed by atoms with E-state index >= 15 is 0 Å². The van der Waals surface area contributed by atoms with E-state index in [1.54, 1.807) is 19.1 Å². The average Bonchev–Trinajstić information content (AvgIpc) is 2.30. The molecule has 4 nitrogen and oxygen atoms in total. The lowest BCUT2D eigenvalue weighted by atomic mass is 9.99. The standard InChI is InChI=1S/C12H11IO4/c1-6-10(14)4-7-3-8(12(15)16-2)9(13)5-11(7)17-6/h3,5-6H,4H2,1-2H3/t6-/m1/s1. The van der Waals surface area contributed by atoms with Gasteiger partial charge in [-0.2, -0.15) is 0 Å². The summed E-state index contributed by atoms with van der Waals surface area (Å²) in [6.07, 6.45) is -0.112. The van der Waals surface area contributed by atoms with Gasteiger partial charge < -0.3 is 9.47 Å². The van der Waals surface area contributed by atoms with Crippen LogP contribution >= 0.6 is 22.6 Å². The van der Waals surface area contributed by atoms with Crippen LogP contribution in [0.3, 0.4) is 0 Å². The number of halogens is 1. The van der Waals surface area contributed by atoms with E-state index in [1.807, 2.05) is 0 Å². The van der Waals surface area contributed by atoms with Gasteiger partial charge in [-0.15, -0.1) is 0 Å². The highest BCUT2D eigenvalue weighted by atomic mass is 127. The van der Waals surface area contributed by atoms with Crippen molar-refractivity contribution >= 4 is 34.3 Å². The molecule has 0 aromatic heterocycles. The lowest BCUT2D eigenvalue weighted by molar-refractivity contribution is -0.125. The Morgan fingerprint density at radius 1 is 1.53 bits per heavy atom. The second-order valence-corrected chi connectivity index (χ2v) is 5.00. The van der Waals surface area contributed by atoms with Crippen LogP contribution in [0.1, 0.15) is 22.8 Å². The van der Waals surface area contributed by atoms with Crippen molar-refractivity contribution in [3.8, 4) is 5.75 Å². The molecule has 0 spiro atoms. The maximum Gasteiger partial charge on any atom is 0.338 e. The van der Waals surface area contributed by atoms with Crippen LogP contribution in [0.2, 0.25) is 0 Å². The summed E-state index contributed by atoms with van der Waals surface area (Å²) in [4.78, 5) is 23.1. The maximum atomic E-state index is 11.5. The number of esters is 1. The third kappa shape index (κ3) is 2.29. The van der Waals surface area contributed by atoms with Crippen molar-refractivity contribution in [1.82, 2.24) is 0 Å². The van der Waals surface area contributed by atoms with Crippen molar-refractivity contribution in [2.45, 2.75) is 19.4 Å². The topological polar surface area (TPSA) is 52.6 Å². The summed E-state index contributed by atoms with van der Waals surface area (Å²) < 4.78 is 10.9. The fraction of sp³-hybridized carbons (Fsp3) is 0.333. The number of Topliss-reactive ketones (excluding diaryl/α,β-unsaturated/α-hetero) is 1. The molecule has 0 saturated heterocycles. The fourth-order valence-electron chi connectivity index (χ4n) is 1.70. The van der Waals surface area contributed by atoms with Crippen molar-refractivity contribution in [3.63, 3.8) is 0 Å². The number of hydrogen-bond donors (Lipinski definition) is 0. The first-order chi connectivity index (χ1) is 8.02. The minimum atomic E-state index is -0.415. The van der Waals surface area contributed by atoms with Gasteiger partial charge in [-0.05, 0) is 41.6 Å². The summed E-state index contributed by atoms with van der Waals surface area (Å²) in [6.45, 7) is 1.73. The van der Waals surface area contributed by atoms with Crippen LogP contribution in [0.5, 0.6) is 5.75 Å². The number of hydrogen-bond acceptors (Lipinski definition) is 4. The average molecular weight is 346 g/mol. The molecule has 2 rings (SSSR count). The number of ketones is 1. The highest BCUT2D eigenvalue weighted by Crippen LogP contribution is 2.30. The molecule has 5 heteroatoms. The van der Waals surface area contributed by atoms with Gasteiger partial charge in [0.05, 0.1) is 12.7 Å². The van der Waals surface area contributed by atoms with Crippen molar-refractivity contribution in [3.05, 3.63) is 26.8 Å². The van der Waals surface area contributed by atoms with Gasteiger partial charge in [0.25, 0.3) is 0 Å². The minimum absolute atomic E-state index is 0.0227. The molecule has 90 valence electrons. The van der Waals surface area contributed by atoms with Gasteiger partial charge in [0.2, 0.25) is 0 Å². The quantitative estimate of drug-likeness (QED) is 0.576. The number of rotatable bonds is 1. The Balaban J connectivity index is 2.46. The number of benzene rings is 1. The SMILES string of the molecule is COC(=O)c1cc2c(cc1I)O[C@H](C)C(=O)C2. The molecule has 0 N–H and O–H groups in total. The van der Waals surface area contributed by atoms with Crippen LogP contribution in [0.15, 0.2) is 12.1 Å². The van der Waals surface area contributed by atoms with Gasteiger partial charge in [-0.3, -0.25) is 4.79 Å². The first kappa shape index (κ1) is 12.3. The van der Waals surface area contributed by atoms with Crippen molar-refractivity contribution in [1.29, 1.82) is 0 Å². The number of methoxy groups -OCH3 is 1. The van der Waals surface area contributed by atoms with Gasteiger partial charge in [-0.1, -0.05) is 0 Å². The molecule has 17 heavy (non-hydrogen) atoms. The van der Waals surface area contributed by atoms with E-state index in [0.717, 1.165) is 9.13 Å². The molecule has 1 aromatic carbocycles. The number of fused-ring (bicyclic) bond motifs is 1. The summed E-state index contributed by atoms with van der Waals surface area (Å²) in [5.41, 5.74) is 1.21. The van der Waals surface area contributed by atoms with Crippen LogP contribution in [-0.4, -0.2) is 25.0 Å². The number of ether oxygens (including phenoxy) is 2. The van der Waals surface area contributed by atoms with Crippen molar-refractivity contribution in [2.24, 2.45) is 0 Å². The molecule has 0 aliphatic carbocycles. The predicted octanol–water partition coefficient (Wildman–Crippen LogP) is 1.97. The zero-order valence-electron chi connectivity index (χ0n) is 9.45. The molecule has 0 saturated carbocycles. The van der Waals surface area contributed by atoms with Gasteiger partial charge in [0.1, 0.15) is 5.75 Å². The van der Waals surface area contributed by atoms with Crippen molar-refractivity contribution < 1.29 is 19.1 Å². The Morgan fingerprint density at radius 3 is 2.88 bits per heavy atom. The smallest absolute Gasteiger partial charge is 0.338 e. The van der Waals surface area contributed by atoms with E-state index in [9.17, 15) is 9.59 Å². The van der Waals surface area contributed by atoms with E-state index < -0.39 is 12.1 Å². The highest BCUT2D eigenvalue weighted by Gasteiger charge is 2.26. The summed E-state index contributed by atoms with van der Waals surface area (Å²) in [5, 5.41) is 0. The van der Waals surface area contributed by atoms with Gasteiger partial charge in [0.15, 0.2) is 11.9 Å². The van der Waals surface area contributed by atoms with Crippen LogP contribution in [-0.2, 0) is 16.0 Å². The Morgan fingerprint density at radius 2 is 2.24 bits per heavy atom. The molecule has 1 aliphatic heterocycles. The van der Waals surface area contributed by atoms with Crippen LogP contribution in [0.25, 0.3) is 0 Å².